The first-order valence-corrected chi connectivity index (χ1v) is 7.98. The lowest BCUT2D eigenvalue weighted by atomic mass is 10.2. The molecule has 1 aliphatic rings. The van der Waals surface area contributed by atoms with Crippen LogP contribution in [0.5, 0.6) is 0 Å². The monoisotopic (exact) mass is 274 g/mol. The van der Waals surface area contributed by atoms with Gasteiger partial charge >= 0.3 is 0 Å². The summed E-state index contributed by atoms with van der Waals surface area (Å²) in [6.45, 7) is 4.26. The van der Waals surface area contributed by atoms with E-state index in [9.17, 15) is 0 Å². The highest BCUT2D eigenvalue weighted by Gasteiger charge is 2.26. The molecule has 0 bridgehead atoms. The van der Waals surface area contributed by atoms with Gasteiger partial charge in [-0.25, -0.2) is 5.84 Å². The molecule has 1 saturated carbocycles. The topological polar surface area (TPSA) is 71.7 Å². The van der Waals surface area contributed by atoms with Gasteiger partial charge in [0.25, 0.3) is 0 Å². The summed E-state index contributed by atoms with van der Waals surface area (Å²) in [5, 5.41) is 4.08. The number of aliphatic imine (C=N–C) groups is 1. The van der Waals surface area contributed by atoms with E-state index in [0.29, 0.717) is 17.3 Å². The summed E-state index contributed by atoms with van der Waals surface area (Å²) in [5.74, 6) is 6.20. The first kappa shape index (κ1) is 15.6. The third-order valence-electron chi connectivity index (χ3n) is 3.13. The van der Waals surface area contributed by atoms with E-state index in [2.05, 4.69) is 22.0 Å². The first-order valence-electron chi connectivity index (χ1n) is 6.70. The fraction of sp³-hybridized carbons (Fsp3) is 0.917. The minimum Gasteiger partial charge on any atom is -0.382 e. The van der Waals surface area contributed by atoms with Crippen LogP contribution in [0.25, 0.3) is 0 Å². The Morgan fingerprint density at radius 3 is 3.00 bits per heavy atom. The lowest BCUT2D eigenvalue weighted by molar-refractivity contribution is 0.146. The van der Waals surface area contributed by atoms with Crippen LogP contribution in [-0.2, 0) is 4.74 Å². The number of hydrazine groups is 1. The van der Waals surface area contributed by atoms with E-state index in [-0.39, 0.29) is 0 Å². The molecule has 0 amide bonds. The van der Waals surface area contributed by atoms with E-state index in [1.54, 1.807) is 0 Å². The first-order chi connectivity index (χ1) is 8.81. The van der Waals surface area contributed by atoms with Gasteiger partial charge in [-0.1, -0.05) is 6.42 Å². The molecule has 0 heterocycles. The maximum Gasteiger partial charge on any atom is 0.205 e. The second-order valence-electron chi connectivity index (χ2n) is 4.38. The van der Waals surface area contributed by atoms with Crippen LogP contribution in [0.3, 0.4) is 0 Å². The molecule has 4 N–H and O–H groups in total. The Labute approximate surface area is 114 Å². The predicted octanol–water partition coefficient (Wildman–Crippen LogP) is 1.11. The van der Waals surface area contributed by atoms with E-state index in [4.69, 9.17) is 10.6 Å². The van der Waals surface area contributed by atoms with Gasteiger partial charge in [0, 0.05) is 31.1 Å². The van der Waals surface area contributed by atoms with E-state index in [1.165, 1.54) is 19.3 Å². The summed E-state index contributed by atoms with van der Waals surface area (Å²) in [6.07, 6.45) is 6.86. The molecule has 0 radical (unpaired) electrons. The summed E-state index contributed by atoms with van der Waals surface area (Å²) in [4.78, 5) is 4.43. The number of thioether (sulfide) groups is 1. The van der Waals surface area contributed by atoms with Gasteiger partial charge in [0.2, 0.25) is 5.96 Å². The molecule has 1 aliphatic carbocycles. The van der Waals surface area contributed by atoms with Crippen LogP contribution in [0.2, 0.25) is 0 Å². The van der Waals surface area contributed by atoms with Crippen LogP contribution in [0.15, 0.2) is 4.99 Å². The van der Waals surface area contributed by atoms with Crippen LogP contribution >= 0.6 is 11.8 Å². The van der Waals surface area contributed by atoms with Crippen molar-refractivity contribution in [3.05, 3.63) is 0 Å². The number of nitrogens with two attached hydrogens (primary N) is 1. The van der Waals surface area contributed by atoms with Crippen molar-refractivity contribution in [2.75, 3.05) is 26.0 Å². The lowest BCUT2D eigenvalue weighted by Gasteiger charge is -2.21. The predicted molar refractivity (Wildman–Crippen MR) is 78.8 cm³/mol. The van der Waals surface area contributed by atoms with Crippen molar-refractivity contribution >= 4 is 17.7 Å². The number of nitrogens with zero attached hydrogens (tertiary/aromatic N) is 1. The van der Waals surface area contributed by atoms with E-state index in [1.807, 2.05) is 18.7 Å². The average Bonchev–Trinajstić information content (AvgIpc) is 2.84. The highest BCUT2D eigenvalue weighted by Crippen LogP contribution is 2.28. The fourth-order valence-electron chi connectivity index (χ4n) is 2.18. The summed E-state index contributed by atoms with van der Waals surface area (Å²) in [5.41, 5.74) is 2.65. The molecule has 6 heteroatoms. The van der Waals surface area contributed by atoms with Crippen LogP contribution in [-0.4, -0.2) is 43.3 Å². The zero-order valence-corrected chi connectivity index (χ0v) is 12.3. The molecule has 0 spiro atoms. The average molecular weight is 274 g/mol. The van der Waals surface area contributed by atoms with E-state index in [0.717, 1.165) is 26.2 Å². The number of hydrogen-bond acceptors (Lipinski definition) is 4. The third kappa shape index (κ3) is 5.46. The fourth-order valence-corrected chi connectivity index (χ4v) is 3.12. The molecule has 0 aliphatic heterocycles. The molecular formula is C12H26N4OS. The zero-order chi connectivity index (χ0) is 13.2. The maximum atomic E-state index is 5.50. The molecule has 0 saturated heterocycles. The SMILES string of the molecule is CCOCCCN=C(NN)NC1CCCC1SC. The molecule has 2 atom stereocenters. The smallest absolute Gasteiger partial charge is 0.205 e. The Hall–Kier alpha value is -0.460. The van der Waals surface area contributed by atoms with Gasteiger partial charge in [0.15, 0.2) is 0 Å². The molecule has 2 unspecified atom stereocenters. The Morgan fingerprint density at radius 1 is 1.50 bits per heavy atom. The second-order valence-corrected chi connectivity index (χ2v) is 5.46. The number of rotatable bonds is 7. The van der Waals surface area contributed by atoms with Gasteiger partial charge in [0.05, 0.1) is 0 Å². The van der Waals surface area contributed by atoms with Crippen molar-refractivity contribution in [1.29, 1.82) is 0 Å². The summed E-state index contributed by atoms with van der Waals surface area (Å²) < 4.78 is 5.27. The molecule has 106 valence electrons. The normalized spacial score (nSPS) is 24.3. The Kier molecular flexibility index (Phi) is 8.20. The van der Waals surface area contributed by atoms with Gasteiger partial charge in [-0.15, -0.1) is 0 Å². The van der Waals surface area contributed by atoms with Crippen molar-refractivity contribution in [3.8, 4) is 0 Å². The molecule has 18 heavy (non-hydrogen) atoms. The molecule has 0 aromatic rings. The summed E-state index contributed by atoms with van der Waals surface area (Å²) in [7, 11) is 0. The molecular weight excluding hydrogens is 248 g/mol. The minimum absolute atomic E-state index is 0.488. The highest BCUT2D eigenvalue weighted by atomic mass is 32.2. The zero-order valence-electron chi connectivity index (χ0n) is 11.4. The van der Waals surface area contributed by atoms with Crippen LogP contribution < -0.4 is 16.6 Å². The highest BCUT2D eigenvalue weighted by molar-refractivity contribution is 7.99. The largest absolute Gasteiger partial charge is 0.382 e. The van der Waals surface area contributed by atoms with Crippen molar-refractivity contribution < 1.29 is 4.74 Å². The van der Waals surface area contributed by atoms with Gasteiger partial charge in [0.1, 0.15) is 0 Å². The van der Waals surface area contributed by atoms with E-state index >= 15 is 0 Å². The number of hydrogen-bond donors (Lipinski definition) is 3. The maximum absolute atomic E-state index is 5.50. The van der Waals surface area contributed by atoms with Gasteiger partial charge in [-0.3, -0.25) is 10.4 Å². The summed E-state index contributed by atoms with van der Waals surface area (Å²) in [6, 6.07) is 0.488. The molecule has 1 rings (SSSR count). The van der Waals surface area contributed by atoms with Gasteiger partial charge in [-0.2, -0.15) is 11.8 Å². The van der Waals surface area contributed by atoms with Crippen LogP contribution in [0.1, 0.15) is 32.6 Å². The van der Waals surface area contributed by atoms with Gasteiger partial charge in [-0.05, 0) is 32.4 Å². The Balaban J connectivity index is 2.29. The Bertz CT molecular complexity index is 250. The van der Waals surface area contributed by atoms with Gasteiger partial charge < -0.3 is 10.1 Å². The molecule has 0 aromatic carbocycles. The number of guanidine groups is 1. The van der Waals surface area contributed by atoms with Crippen molar-refractivity contribution in [3.63, 3.8) is 0 Å². The standard InChI is InChI=1S/C12H26N4OS/c1-3-17-9-5-8-14-12(16-13)15-10-6-4-7-11(10)18-2/h10-11H,3-9,13H2,1-2H3,(H2,14,15,16). The number of ether oxygens (including phenoxy) is 1. The van der Waals surface area contributed by atoms with Crippen molar-refractivity contribution in [2.45, 2.75) is 43.9 Å². The number of nitrogens with one attached hydrogen (secondary N) is 2. The van der Waals surface area contributed by atoms with Crippen LogP contribution in [0.4, 0.5) is 0 Å². The Morgan fingerprint density at radius 2 is 2.33 bits per heavy atom. The molecule has 1 fully saturated rings. The minimum atomic E-state index is 0.488. The quantitative estimate of drug-likeness (QED) is 0.213. The molecule has 5 nitrogen and oxygen atoms in total. The third-order valence-corrected chi connectivity index (χ3v) is 4.30. The van der Waals surface area contributed by atoms with Crippen molar-refractivity contribution in [2.24, 2.45) is 10.8 Å². The van der Waals surface area contributed by atoms with Crippen molar-refractivity contribution in [1.82, 2.24) is 10.7 Å². The second kappa shape index (κ2) is 9.47. The summed E-state index contributed by atoms with van der Waals surface area (Å²) >= 11 is 1.92. The lowest BCUT2D eigenvalue weighted by Crippen LogP contribution is -2.48. The molecule has 0 aromatic heterocycles. The van der Waals surface area contributed by atoms with Crippen LogP contribution in [0, 0.1) is 0 Å². The van der Waals surface area contributed by atoms with E-state index < -0.39 is 0 Å².